The van der Waals surface area contributed by atoms with Gasteiger partial charge in [-0.2, -0.15) is 0 Å². The number of aromatic nitrogens is 2. The van der Waals surface area contributed by atoms with Crippen LogP contribution < -0.4 is 10.6 Å². The molecular formula is C19H23ClN4O. The second-order valence-corrected chi connectivity index (χ2v) is 6.78. The highest BCUT2D eigenvalue weighted by molar-refractivity contribution is 6.31. The van der Waals surface area contributed by atoms with Crippen LogP contribution in [0.15, 0.2) is 36.5 Å². The monoisotopic (exact) mass is 358 g/mol. The van der Waals surface area contributed by atoms with Crippen molar-refractivity contribution in [2.24, 2.45) is 0 Å². The van der Waals surface area contributed by atoms with Crippen molar-refractivity contribution in [2.45, 2.75) is 51.1 Å². The number of nitrogens with zero attached hydrogens (tertiary/aromatic N) is 2. The van der Waals surface area contributed by atoms with E-state index in [4.69, 9.17) is 11.6 Å². The Morgan fingerprint density at radius 2 is 1.88 bits per heavy atom. The van der Waals surface area contributed by atoms with Gasteiger partial charge in [0, 0.05) is 23.8 Å². The molecule has 1 heterocycles. The molecule has 0 spiro atoms. The SMILES string of the molecule is O=C(NCc1ccccc1Cl)c1ccnc(NC2CCCCCC2)n1. The normalized spacial score (nSPS) is 15.4. The van der Waals surface area contributed by atoms with Crippen molar-refractivity contribution < 1.29 is 4.79 Å². The Labute approximate surface area is 153 Å². The van der Waals surface area contributed by atoms with Crippen molar-refractivity contribution >= 4 is 23.5 Å². The van der Waals surface area contributed by atoms with Crippen LogP contribution in [0.1, 0.15) is 54.6 Å². The van der Waals surface area contributed by atoms with Crippen LogP contribution in [0.3, 0.4) is 0 Å². The van der Waals surface area contributed by atoms with E-state index in [-0.39, 0.29) is 5.91 Å². The zero-order valence-corrected chi connectivity index (χ0v) is 14.9. The van der Waals surface area contributed by atoms with Gasteiger partial charge in [-0.3, -0.25) is 4.79 Å². The molecule has 0 saturated heterocycles. The van der Waals surface area contributed by atoms with Crippen LogP contribution in [0.2, 0.25) is 5.02 Å². The first-order chi connectivity index (χ1) is 12.2. The Morgan fingerprint density at radius 3 is 2.64 bits per heavy atom. The number of amides is 1. The summed E-state index contributed by atoms with van der Waals surface area (Å²) in [7, 11) is 0. The molecule has 2 aromatic rings. The van der Waals surface area contributed by atoms with Crippen molar-refractivity contribution in [3.05, 3.63) is 52.8 Å². The molecule has 0 unspecified atom stereocenters. The Bertz CT molecular complexity index is 714. The summed E-state index contributed by atoms with van der Waals surface area (Å²) in [4.78, 5) is 21.0. The predicted molar refractivity (Wildman–Crippen MR) is 99.8 cm³/mol. The van der Waals surface area contributed by atoms with E-state index in [0.717, 1.165) is 18.4 Å². The van der Waals surface area contributed by atoms with Gasteiger partial charge in [0.05, 0.1) is 0 Å². The fourth-order valence-corrected chi connectivity index (χ4v) is 3.27. The minimum Gasteiger partial charge on any atom is -0.351 e. The number of hydrogen-bond acceptors (Lipinski definition) is 4. The smallest absolute Gasteiger partial charge is 0.270 e. The molecule has 3 rings (SSSR count). The maximum Gasteiger partial charge on any atom is 0.270 e. The molecule has 1 fully saturated rings. The highest BCUT2D eigenvalue weighted by Crippen LogP contribution is 2.20. The molecule has 25 heavy (non-hydrogen) atoms. The van der Waals surface area contributed by atoms with Crippen molar-refractivity contribution in [3.8, 4) is 0 Å². The van der Waals surface area contributed by atoms with Crippen LogP contribution >= 0.6 is 11.6 Å². The van der Waals surface area contributed by atoms with Gasteiger partial charge in [-0.25, -0.2) is 9.97 Å². The van der Waals surface area contributed by atoms with Gasteiger partial charge >= 0.3 is 0 Å². The number of carbonyl (C=O) groups excluding carboxylic acids is 1. The van der Waals surface area contributed by atoms with Gasteiger partial charge < -0.3 is 10.6 Å². The van der Waals surface area contributed by atoms with Crippen LogP contribution in [-0.4, -0.2) is 21.9 Å². The molecule has 1 amide bonds. The Hall–Kier alpha value is -2.14. The topological polar surface area (TPSA) is 66.9 Å². The van der Waals surface area contributed by atoms with Gasteiger partial charge in [-0.05, 0) is 30.5 Å². The lowest BCUT2D eigenvalue weighted by Gasteiger charge is -2.16. The summed E-state index contributed by atoms with van der Waals surface area (Å²) >= 11 is 6.11. The van der Waals surface area contributed by atoms with Crippen LogP contribution in [-0.2, 0) is 6.54 Å². The zero-order chi connectivity index (χ0) is 17.5. The molecule has 132 valence electrons. The van der Waals surface area contributed by atoms with E-state index in [1.54, 1.807) is 12.3 Å². The maximum atomic E-state index is 12.4. The van der Waals surface area contributed by atoms with E-state index >= 15 is 0 Å². The first-order valence-corrected chi connectivity index (χ1v) is 9.21. The first kappa shape index (κ1) is 17.7. The van der Waals surface area contributed by atoms with Crippen LogP contribution in [0.4, 0.5) is 5.95 Å². The van der Waals surface area contributed by atoms with Gasteiger partial charge in [0.15, 0.2) is 0 Å². The van der Waals surface area contributed by atoms with Crippen molar-refractivity contribution in [3.63, 3.8) is 0 Å². The molecule has 1 aromatic carbocycles. The molecular weight excluding hydrogens is 336 g/mol. The molecule has 0 bridgehead atoms. The third-order valence-corrected chi connectivity index (χ3v) is 4.84. The van der Waals surface area contributed by atoms with E-state index < -0.39 is 0 Å². The number of carbonyl (C=O) groups is 1. The number of rotatable bonds is 5. The Morgan fingerprint density at radius 1 is 1.12 bits per heavy atom. The van der Waals surface area contributed by atoms with E-state index in [1.165, 1.54) is 25.7 Å². The van der Waals surface area contributed by atoms with Gasteiger partial charge in [0.25, 0.3) is 5.91 Å². The minimum absolute atomic E-state index is 0.230. The van der Waals surface area contributed by atoms with Gasteiger partial charge in [-0.15, -0.1) is 0 Å². The van der Waals surface area contributed by atoms with Crippen molar-refractivity contribution in [1.82, 2.24) is 15.3 Å². The minimum atomic E-state index is -0.230. The third-order valence-electron chi connectivity index (χ3n) is 4.47. The molecule has 1 aromatic heterocycles. The first-order valence-electron chi connectivity index (χ1n) is 8.83. The molecule has 6 heteroatoms. The highest BCUT2D eigenvalue weighted by atomic mass is 35.5. The van der Waals surface area contributed by atoms with Crippen molar-refractivity contribution in [1.29, 1.82) is 0 Å². The van der Waals surface area contributed by atoms with Gasteiger partial charge in [0.1, 0.15) is 5.69 Å². The molecule has 0 radical (unpaired) electrons. The van der Waals surface area contributed by atoms with E-state index in [2.05, 4.69) is 20.6 Å². The lowest BCUT2D eigenvalue weighted by molar-refractivity contribution is 0.0946. The van der Waals surface area contributed by atoms with Crippen LogP contribution in [0.5, 0.6) is 0 Å². The number of halogens is 1. The van der Waals surface area contributed by atoms with Gasteiger partial charge in [0.2, 0.25) is 5.95 Å². The summed E-state index contributed by atoms with van der Waals surface area (Å²) < 4.78 is 0. The molecule has 1 aliphatic carbocycles. The average Bonchev–Trinajstić information content (AvgIpc) is 2.90. The molecule has 0 atom stereocenters. The summed E-state index contributed by atoms with van der Waals surface area (Å²) in [5.74, 6) is 0.295. The summed E-state index contributed by atoms with van der Waals surface area (Å²) in [6.45, 7) is 0.369. The molecule has 2 N–H and O–H groups in total. The highest BCUT2D eigenvalue weighted by Gasteiger charge is 2.14. The summed E-state index contributed by atoms with van der Waals surface area (Å²) in [5.41, 5.74) is 1.24. The van der Waals surface area contributed by atoms with Crippen molar-refractivity contribution in [2.75, 3.05) is 5.32 Å². The summed E-state index contributed by atoms with van der Waals surface area (Å²) in [5, 5.41) is 6.87. The predicted octanol–water partition coefficient (Wildman–Crippen LogP) is 4.19. The molecule has 1 saturated carbocycles. The zero-order valence-electron chi connectivity index (χ0n) is 14.2. The quantitative estimate of drug-likeness (QED) is 0.786. The van der Waals surface area contributed by atoms with E-state index in [0.29, 0.717) is 29.3 Å². The second-order valence-electron chi connectivity index (χ2n) is 6.37. The van der Waals surface area contributed by atoms with E-state index in [1.807, 2.05) is 24.3 Å². The molecule has 5 nitrogen and oxygen atoms in total. The second kappa shape index (κ2) is 8.81. The Balaban J connectivity index is 1.60. The maximum absolute atomic E-state index is 12.4. The number of hydrogen-bond donors (Lipinski definition) is 2. The number of benzene rings is 1. The lowest BCUT2D eigenvalue weighted by atomic mass is 10.1. The van der Waals surface area contributed by atoms with Crippen LogP contribution in [0.25, 0.3) is 0 Å². The van der Waals surface area contributed by atoms with Gasteiger partial charge in [-0.1, -0.05) is 55.5 Å². The lowest BCUT2D eigenvalue weighted by Crippen LogP contribution is -2.25. The third kappa shape index (κ3) is 5.16. The standard InChI is InChI=1S/C19H23ClN4O/c20-16-10-6-5-7-14(16)13-22-18(25)17-11-12-21-19(24-17)23-15-8-3-1-2-4-9-15/h5-7,10-12,15H,1-4,8-9,13H2,(H,22,25)(H,21,23,24). The molecule has 0 aliphatic heterocycles. The Kier molecular flexibility index (Phi) is 6.23. The van der Waals surface area contributed by atoms with E-state index in [9.17, 15) is 4.79 Å². The largest absolute Gasteiger partial charge is 0.351 e. The summed E-state index contributed by atoms with van der Waals surface area (Å²) in [6, 6.07) is 9.48. The van der Waals surface area contributed by atoms with Crippen LogP contribution in [0, 0.1) is 0 Å². The summed E-state index contributed by atoms with van der Waals surface area (Å²) in [6.07, 6.45) is 8.94. The fourth-order valence-electron chi connectivity index (χ4n) is 3.07. The molecule has 1 aliphatic rings. The number of nitrogens with one attached hydrogen (secondary N) is 2. The fraction of sp³-hybridized carbons (Fsp3) is 0.421. The number of anilines is 1. The average molecular weight is 359 g/mol.